The van der Waals surface area contributed by atoms with Gasteiger partial charge in [-0.25, -0.2) is 14.8 Å². The Morgan fingerprint density at radius 1 is 1.26 bits per heavy atom. The van der Waals surface area contributed by atoms with Crippen molar-refractivity contribution in [3.63, 3.8) is 0 Å². The van der Waals surface area contributed by atoms with Crippen LogP contribution in [0.15, 0.2) is 53.3 Å². The molecule has 1 aromatic heterocycles. The van der Waals surface area contributed by atoms with Gasteiger partial charge in [0.1, 0.15) is 17.7 Å². The Morgan fingerprint density at radius 3 is 2.74 bits per heavy atom. The molecule has 0 aliphatic rings. The van der Waals surface area contributed by atoms with Crippen molar-refractivity contribution < 1.29 is 9.53 Å². The van der Waals surface area contributed by atoms with Crippen LogP contribution in [0.1, 0.15) is 11.6 Å². The minimum Gasteiger partial charge on any atom is -0.408 e. The van der Waals surface area contributed by atoms with Crippen LogP contribution in [0, 0.1) is 0 Å². The zero-order chi connectivity index (χ0) is 19.4. The van der Waals surface area contributed by atoms with Gasteiger partial charge < -0.3 is 20.7 Å². The maximum Gasteiger partial charge on any atom is 0.410 e. The van der Waals surface area contributed by atoms with Gasteiger partial charge in [0, 0.05) is 16.4 Å². The van der Waals surface area contributed by atoms with Crippen LogP contribution in [-0.4, -0.2) is 41.6 Å². The number of hydrogen-bond acceptors (Lipinski definition) is 6. The summed E-state index contributed by atoms with van der Waals surface area (Å²) in [6, 6.07) is 13.4. The summed E-state index contributed by atoms with van der Waals surface area (Å²) in [5, 5.41) is 4.24. The minimum atomic E-state index is -0.879. The highest BCUT2D eigenvalue weighted by Crippen LogP contribution is 2.30. The van der Waals surface area contributed by atoms with E-state index in [-0.39, 0.29) is 6.04 Å². The van der Waals surface area contributed by atoms with E-state index in [0.29, 0.717) is 17.1 Å². The van der Waals surface area contributed by atoms with Gasteiger partial charge in [-0.05, 0) is 43.9 Å². The van der Waals surface area contributed by atoms with E-state index in [0.717, 1.165) is 22.0 Å². The molecule has 0 saturated heterocycles. The van der Waals surface area contributed by atoms with Crippen molar-refractivity contribution >= 4 is 38.7 Å². The number of likely N-dealkylation sites (N-methyl/N-ethyl adjacent to an activating group) is 1. The molecule has 3 N–H and O–H groups in total. The lowest BCUT2D eigenvalue weighted by Gasteiger charge is -2.24. The first kappa shape index (κ1) is 19.1. The van der Waals surface area contributed by atoms with Gasteiger partial charge in [0.15, 0.2) is 5.75 Å². The highest BCUT2D eigenvalue weighted by molar-refractivity contribution is 9.10. The van der Waals surface area contributed by atoms with Gasteiger partial charge >= 0.3 is 6.09 Å². The Bertz CT molecular complexity index is 964. The third-order valence-electron chi connectivity index (χ3n) is 3.95. The molecule has 0 bridgehead atoms. The molecular weight excluding hydrogens is 410 g/mol. The maximum absolute atomic E-state index is 11.1. The fraction of sp³-hybridized carbons (Fsp3) is 0.211. The SMILES string of the molecule is CN(C)CC(Nc1ncnc2c(OC(N)=O)cccc12)c1cccc(Br)c1. The lowest BCUT2D eigenvalue weighted by Crippen LogP contribution is -2.26. The first-order valence-corrected chi connectivity index (χ1v) is 9.11. The number of para-hydroxylation sites is 1. The Balaban J connectivity index is 2.01. The van der Waals surface area contributed by atoms with Gasteiger partial charge in [-0.15, -0.1) is 0 Å². The van der Waals surface area contributed by atoms with Gasteiger partial charge in [-0.1, -0.05) is 34.1 Å². The van der Waals surface area contributed by atoms with E-state index in [1.807, 2.05) is 32.3 Å². The molecule has 0 spiro atoms. The van der Waals surface area contributed by atoms with Gasteiger partial charge in [-0.3, -0.25) is 0 Å². The second kappa shape index (κ2) is 8.32. The average Bonchev–Trinajstić information content (AvgIpc) is 2.61. The Morgan fingerprint density at radius 2 is 2.04 bits per heavy atom. The van der Waals surface area contributed by atoms with Crippen molar-refractivity contribution in [1.82, 2.24) is 14.9 Å². The van der Waals surface area contributed by atoms with Crippen LogP contribution in [-0.2, 0) is 0 Å². The largest absolute Gasteiger partial charge is 0.410 e. The fourth-order valence-electron chi connectivity index (χ4n) is 2.85. The minimum absolute atomic E-state index is 0.00341. The fourth-order valence-corrected chi connectivity index (χ4v) is 3.27. The van der Waals surface area contributed by atoms with Crippen LogP contribution in [0.3, 0.4) is 0 Å². The molecule has 0 aliphatic heterocycles. The van der Waals surface area contributed by atoms with Crippen molar-refractivity contribution in [2.24, 2.45) is 5.73 Å². The summed E-state index contributed by atoms with van der Waals surface area (Å²) in [5.74, 6) is 0.957. The quantitative estimate of drug-likeness (QED) is 0.621. The third kappa shape index (κ3) is 4.72. The molecule has 140 valence electrons. The second-order valence-corrected chi connectivity index (χ2v) is 7.23. The molecule has 1 atom stereocenters. The second-order valence-electron chi connectivity index (χ2n) is 6.31. The van der Waals surface area contributed by atoms with Crippen molar-refractivity contribution in [3.8, 4) is 5.75 Å². The molecular formula is C19H20BrN5O2. The van der Waals surface area contributed by atoms with E-state index in [1.165, 1.54) is 6.33 Å². The summed E-state index contributed by atoms with van der Waals surface area (Å²) < 4.78 is 6.07. The van der Waals surface area contributed by atoms with Crippen LogP contribution in [0.4, 0.5) is 10.6 Å². The molecule has 1 unspecified atom stereocenters. The number of carbonyl (C=O) groups is 1. The number of nitrogens with two attached hydrogens (primary N) is 1. The Kier molecular flexibility index (Phi) is 5.88. The highest BCUT2D eigenvalue weighted by atomic mass is 79.9. The van der Waals surface area contributed by atoms with E-state index in [4.69, 9.17) is 10.5 Å². The van der Waals surface area contributed by atoms with Crippen molar-refractivity contribution in [1.29, 1.82) is 0 Å². The van der Waals surface area contributed by atoms with Crippen LogP contribution >= 0.6 is 15.9 Å². The van der Waals surface area contributed by atoms with Gasteiger partial charge in [0.05, 0.1) is 6.04 Å². The molecule has 0 saturated carbocycles. The van der Waals surface area contributed by atoms with Crippen molar-refractivity contribution in [2.45, 2.75) is 6.04 Å². The molecule has 3 aromatic rings. The van der Waals surface area contributed by atoms with E-state index in [9.17, 15) is 4.79 Å². The van der Waals surface area contributed by atoms with Gasteiger partial charge in [0.25, 0.3) is 0 Å². The molecule has 27 heavy (non-hydrogen) atoms. The summed E-state index contributed by atoms with van der Waals surface area (Å²) in [6.07, 6.45) is 0.557. The Labute approximate surface area is 165 Å². The summed E-state index contributed by atoms with van der Waals surface area (Å²) in [4.78, 5) is 21.9. The van der Waals surface area contributed by atoms with E-state index in [1.54, 1.807) is 12.1 Å². The number of benzene rings is 2. The number of primary amides is 1. The molecule has 7 nitrogen and oxygen atoms in total. The number of hydrogen-bond donors (Lipinski definition) is 2. The zero-order valence-electron chi connectivity index (χ0n) is 15.0. The molecule has 0 radical (unpaired) electrons. The first-order chi connectivity index (χ1) is 12.9. The van der Waals surface area contributed by atoms with Crippen LogP contribution in [0.5, 0.6) is 5.75 Å². The number of rotatable bonds is 6. The monoisotopic (exact) mass is 429 g/mol. The number of halogens is 1. The third-order valence-corrected chi connectivity index (χ3v) is 4.44. The molecule has 1 heterocycles. The summed E-state index contributed by atoms with van der Waals surface area (Å²) in [5.41, 5.74) is 6.79. The maximum atomic E-state index is 11.1. The number of anilines is 1. The Hall–Kier alpha value is -2.71. The predicted octanol–water partition coefficient (Wildman–Crippen LogP) is 3.56. The number of amides is 1. The summed E-state index contributed by atoms with van der Waals surface area (Å²) in [7, 11) is 4.03. The number of aromatic nitrogens is 2. The lowest BCUT2D eigenvalue weighted by atomic mass is 10.1. The number of nitrogens with one attached hydrogen (secondary N) is 1. The van der Waals surface area contributed by atoms with Crippen molar-refractivity contribution in [3.05, 3.63) is 58.8 Å². The van der Waals surface area contributed by atoms with Crippen LogP contribution in [0.2, 0.25) is 0 Å². The molecule has 0 aliphatic carbocycles. The molecule has 1 amide bonds. The molecule has 0 fully saturated rings. The van der Waals surface area contributed by atoms with Crippen LogP contribution in [0.25, 0.3) is 10.9 Å². The first-order valence-electron chi connectivity index (χ1n) is 8.32. The number of carbonyl (C=O) groups excluding carboxylic acids is 1. The normalized spacial score (nSPS) is 12.1. The van der Waals surface area contributed by atoms with Crippen LogP contribution < -0.4 is 15.8 Å². The van der Waals surface area contributed by atoms with E-state index < -0.39 is 6.09 Å². The number of nitrogens with zero attached hydrogens (tertiary/aromatic N) is 3. The van der Waals surface area contributed by atoms with Crippen molar-refractivity contribution in [2.75, 3.05) is 26.0 Å². The average molecular weight is 430 g/mol. The standard InChI is InChI=1S/C19H20BrN5O2/c1-25(2)10-15(12-5-3-6-13(20)9-12)24-18-14-7-4-8-16(27-19(21)26)17(14)22-11-23-18/h3-9,11,15H,10H2,1-2H3,(H2,21,26)(H,22,23,24). The summed E-state index contributed by atoms with van der Waals surface area (Å²) in [6.45, 7) is 0.763. The summed E-state index contributed by atoms with van der Waals surface area (Å²) >= 11 is 3.53. The number of fused-ring (bicyclic) bond motifs is 1. The van der Waals surface area contributed by atoms with Gasteiger partial charge in [0.2, 0.25) is 0 Å². The number of ether oxygens (including phenoxy) is 1. The predicted molar refractivity (Wildman–Crippen MR) is 109 cm³/mol. The molecule has 8 heteroatoms. The molecule has 3 rings (SSSR count). The molecule has 2 aromatic carbocycles. The van der Waals surface area contributed by atoms with Gasteiger partial charge in [-0.2, -0.15) is 0 Å². The zero-order valence-corrected chi connectivity index (χ0v) is 16.6. The topological polar surface area (TPSA) is 93.4 Å². The smallest absolute Gasteiger partial charge is 0.408 e. The van der Waals surface area contributed by atoms with E-state index >= 15 is 0 Å². The highest BCUT2D eigenvalue weighted by Gasteiger charge is 2.17. The van der Waals surface area contributed by atoms with E-state index in [2.05, 4.69) is 48.2 Å². The lowest BCUT2D eigenvalue weighted by molar-refractivity contribution is 0.211.